The molecule has 20 nitrogen and oxygen atoms in total. The Morgan fingerprint density at radius 1 is 0.685 bits per heavy atom. The second-order valence-corrected chi connectivity index (χ2v) is 22.8. The number of aryl methyl sites for hydroxylation is 2. The van der Waals surface area contributed by atoms with Crippen LogP contribution in [0.15, 0.2) is 44.7 Å². The van der Waals surface area contributed by atoms with Crippen molar-refractivity contribution in [3.05, 3.63) is 45.4 Å². The molecule has 73 heavy (non-hydrogen) atoms. The summed E-state index contributed by atoms with van der Waals surface area (Å²) >= 11 is 1.62. The van der Waals surface area contributed by atoms with E-state index in [1.165, 1.54) is 18.2 Å². The van der Waals surface area contributed by atoms with Gasteiger partial charge in [-0.05, 0) is 115 Å². The average molecular weight is 1110 g/mol. The molecule has 402 valence electrons. The number of aromatic nitrogens is 4. The topological polar surface area (TPSA) is 252 Å². The number of rotatable bonds is 19. The first kappa shape index (κ1) is 58.3. The Bertz CT molecular complexity index is 2860. The number of nitrogens with one attached hydrogen (secondary N) is 2. The van der Waals surface area contributed by atoms with Gasteiger partial charge in [-0.2, -0.15) is 34.8 Å². The summed E-state index contributed by atoms with van der Waals surface area (Å²) in [4.78, 5) is 28.2. The lowest BCUT2D eigenvalue weighted by Crippen LogP contribution is -2.42. The second-order valence-electron chi connectivity index (χ2n) is 17.5. The molecule has 2 aliphatic heterocycles. The van der Waals surface area contributed by atoms with E-state index in [1.807, 2.05) is 65.0 Å². The van der Waals surface area contributed by atoms with Gasteiger partial charge in [0.25, 0.3) is 10.3 Å². The fourth-order valence-electron chi connectivity index (χ4n) is 7.74. The fourth-order valence-corrected chi connectivity index (χ4v) is 10.4. The van der Waals surface area contributed by atoms with Gasteiger partial charge in [0.05, 0.1) is 24.6 Å². The molecular formula is C43H56F6N12O8S4. The van der Waals surface area contributed by atoms with Crippen LogP contribution in [-0.2, 0) is 42.4 Å². The van der Waals surface area contributed by atoms with Crippen LogP contribution >= 0.6 is 22.7 Å². The van der Waals surface area contributed by atoms with Crippen LogP contribution in [0.2, 0.25) is 0 Å². The molecule has 0 amide bonds. The lowest BCUT2D eigenvalue weighted by Gasteiger charge is -2.40. The van der Waals surface area contributed by atoms with Crippen molar-refractivity contribution >= 4 is 99.0 Å². The number of hydrogen-bond acceptors (Lipinski definition) is 20. The van der Waals surface area contributed by atoms with Crippen LogP contribution in [0.4, 0.5) is 70.7 Å². The smallest absolute Gasteiger partial charge is 0.460 e. The van der Waals surface area contributed by atoms with Gasteiger partial charge >= 0.3 is 33.6 Å². The number of benzene rings is 2. The van der Waals surface area contributed by atoms with E-state index in [0.29, 0.717) is 37.1 Å². The first-order valence-corrected chi connectivity index (χ1v) is 27.8. The van der Waals surface area contributed by atoms with E-state index in [1.54, 1.807) is 10.8 Å². The van der Waals surface area contributed by atoms with Gasteiger partial charge in [0.15, 0.2) is 5.75 Å². The number of hydrogen-bond donors (Lipinski definition) is 2. The standard InChI is InChI=1S/C22H29F3N6O4S2.C21H27F3N6O4S2/c1-5-6-9-35-20(32)19-27-29-21(36-19)28-26-16-10-15-8-7-14(4)31(13(2)3)18(15)11-17(16)30-37(33,34)12-22(23,24)25;1-5-6-9-34-19(31)18-26-28-20(35-18)27-25-15-10-14-8-7-13(4)30(12(2)3)17(14)11-16(15)29-36(32,33)21(22,23)24/h10-11,13-14,30H,5-9,12H2,1-4H3;10-13,29H,5-9H2,1-4H3. The molecule has 4 heterocycles. The molecule has 0 aliphatic carbocycles. The van der Waals surface area contributed by atoms with E-state index >= 15 is 0 Å². The van der Waals surface area contributed by atoms with Crippen molar-refractivity contribution in [2.45, 2.75) is 143 Å². The Morgan fingerprint density at radius 2 is 1.10 bits per heavy atom. The van der Waals surface area contributed by atoms with Gasteiger partial charge in [0, 0.05) is 35.5 Å². The lowest BCUT2D eigenvalue weighted by molar-refractivity contribution is -0.106. The molecule has 2 aliphatic rings. The largest absolute Gasteiger partial charge is 0.516 e. The van der Waals surface area contributed by atoms with Crippen molar-refractivity contribution in [1.29, 1.82) is 0 Å². The summed E-state index contributed by atoms with van der Waals surface area (Å²) in [6, 6.07) is 6.30. The number of halogens is 6. The molecule has 2 unspecified atom stereocenters. The van der Waals surface area contributed by atoms with Crippen LogP contribution in [0.25, 0.3) is 0 Å². The Labute approximate surface area is 426 Å². The minimum absolute atomic E-state index is 0.00156. The van der Waals surface area contributed by atoms with Crippen molar-refractivity contribution in [2.24, 2.45) is 20.5 Å². The predicted molar refractivity (Wildman–Crippen MR) is 264 cm³/mol. The maximum Gasteiger partial charge on any atom is 0.516 e. The van der Waals surface area contributed by atoms with Crippen molar-refractivity contribution in [3.63, 3.8) is 0 Å². The molecular weight excluding hydrogens is 1050 g/mol. The van der Waals surface area contributed by atoms with E-state index in [2.05, 4.69) is 45.8 Å². The number of azo groups is 2. The maximum atomic E-state index is 13.1. The minimum Gasteiger partial charge on any atom is -0.460 e. The highest BCUT2D eigenvalue weighted by molar-refractivity contribution is 7.93. The van der Waals surface area contributed by atoms with Crippen molar-refractivity contribution in [2.75, 3.05) is 38.2 Å². The summed E-state index contributed by atoms with van der Waals surface area (Å²) in [5.41, 5.74) is -3.16. The quantitative estimate of drug-likeness (QED) is 0.0383. The summed E-state index contributed by atoms with van der Waals surface area (Å²) in [6.07, 6.45) is 1.11. The molecule has 0 fully saturated rings. The summed E-state index contributed by atoms with van der Waals surface area (Å²) < 4.78 is 140. The zero-order chi connectivity index (χ0) is 54.1. The first-order chi connectivity index (χ1) is 34.1. The zero-order valence-corrected chi connectivity index (χ0v) is 44.3. The third-order valence-corrected chi connectivity index (χ3v) is 14.9. The van der Waals surface area contributed by atoms with Gasteiger partial charge in [-0.25, -0.2) is 18.0 Å². The van der Waals surface area contributed by atoms with E-state index < -0.39 is 49.4 Å². The highest BCUT2D eigenvalue weighted by Crippen LogP contribution is 2.43. The highest BCUT2D eigenvalue weighted by Gasteiger charge is 2.46. The van der Waals surface area contributed by atoms with Crippen LogP contribution < -0.4 is 19.2 Å². The lowest BCUT2D eigenvalue weighted by atomic mass is 9.94. The maximum absolute atomic E-state index is 13.1. The van der Waals surface area contributed by atoms with Gasteiger partial charge in [-0.15, -0.1) is 40.9 Å². The molecule has 2 N–H and O–H groups in total. The van der Waals surface area contributed by atoms with E-state index in [0.717, 1.165) is 59.5 Å². The summed E-state index contributed by atoms with van der Waals surface area (Å²) in [5, 5.41) is 30.7. The molecule has 0 radical (unpaired) electrons. The van der Waals surface area contributed by atoms with E-state index in [9.17, 15) is 52.8 Å². The van der Waals surface area contributed by atoms with Gasteiger partial charge in [0.1, 0.15) is 11.4 Å². The number of carbonyl (C=O) groups excluding carboxylic acids is 2. The third kappa shape index (κ3) is 15.9. The molecule has 0 saturated heterocycles. The average Bonchev–Trinajstić information content (AvgIpc) is 3.97. The molecule has 4 aromatic rings. The predicted octanol–water partition coefficient (Wildman–Crippen LogP) is 11.5. The van der Waals surface area contributed by atoms with Gasteiger partial charge in [0.2, 0.25) is 20.0 Å². The van der Waals surface area contributed by atoms with Crippen LogP contribution in [0, 0.1) is 0 Å². The molecule has 2 atom stereocenters. The Hall–Kier alpha value is -5.62. The minimum atomic E-state index is -5.71. The van der Waals surface area contributed by atoms with Gasteiger partial charge in [-0.3, -0.25) is 9.44 Å². The Kier molecular flexibility index (Phi) is 19.6. The van der Waals surface area contributed by atoms with Crippen LogP contribution in [-0.4, -0.2) is 104 Å². The molecule has 0 spiro atoms. The van der Waals surface area contributed by atoms with E-state index in [4.69, 9.17) is 9.47 Å². The fraction of sp³-hybridized carbons (Fsp3) is 0.581. The molecule has 2 aromatic heterocycles. The van der Waals surface area contributed by atoms with Gasteiger partial charge in [-0.1, -0.05) is 49.4 Å². The highest BCUT2D eigenvalue weighted by atomic mass is 32.2. The summed E-state index contributed by atoms with van der Waals surface area (Å²) in [5.74, 6) is -3.36. The number of carbonyl (C=O) groups is 2. The Morgan fingerprint density at radius 3 is 1.47 bits per heavy atom. The number of nitrogens with zero attached hydrogens (tertiary/aromatic N) is 10. The monoisotopic (exact) mass is 1110 g/mol. The molecule has 2 aromatic carbocycles. The molecule has 6 rings (SSSR count). The first-order valence-electron chi connectivity index (χ1n) is 23.0. The van der Waals surface area contributed by atoms with Crippen LogP contribution in [0.3, 0.4) is 0 Å². The summed E-state index contributed by atoms with van der Waals surface area (Å²) in [7, 11) is -10.5. The third-order valence-electron chi connectivity index (χ3n) is 11.0. The summed E-state index contributed by atoms with van der Waals surface area (Å²) in [6.45, 7) is 16.3. The molecule has 0 bridgehead atoms. The number of fused-ring (bicyclic) bond motifs is 2. The normalized spacial score (nSPS) is 16.4. The molecule has 0 saturated carbocycles. The van der Waals surface area contributed by atoms with E-state index in [-0.39, 0.29) is 80.4 Å². The van der Waals surface area contributed by atoms with Crippen LogP contribution in [0.5, 0.6) is 0 Å². The van der Waals surface area contributed by atoms with Crippen molar-refractivity contribution in [3.8, 4) is 0 Å². The zero-order valence-electron chi connectivity index (χ0n) is 41.0. The second kappa shape index (κ2) is 24.6. The number of ether oxygens (including phenoxy) is 2. The SMILES string of the molecule is CCCCOC(=O)c1nnc(N=Nc2cc3c(cc2NS(=O)(=O)C(F)(F)F)N(C(C)C)C(C)CC3)s1.CCCCOC(=O)c1nnc(N=Nc2cc3c(cc2NS(=O)(=O)CC(F)(F)F)N(C(C)C)C(C)CC3)s1. The van der Waals surface area contributed by atoms with Crippen LogP contribution in [0.1, 0.15) is 125 Å². The number of sulfonamides is 2. The Balaban J connectivity index is 0.000000271. The van der Waals surface area contributed by atoms with Gasteiger partial charge < -0.3 is 19.3 Å². The van der Waals surface area contributed by atoms with Crippen molar-refractivity contribution < 1.29 is 62.2 Å². The van der Waals surface area contributed by atoms with Crippen molar-refractivity contribution in [1.82, 2.24) is 20.4 Å². The number of anilines is 4. The number of alkyl halides is 6. The molecule has 30 heteroatoms. The number of esters is 2. The number of unbranched alkanes of at least 4 members (excludes halogenated alkanes) is 2.